The molecule has 0 bridgehead atoms. The first-order chi connectivity index (χ1) is 9.01. The molecule has 104 valence electrons. The van der Waals surface area contributed by atoms with Gasteiger partial charge in [0.15, 0.2) is 0 Å². The molecule has 6 heteroatoms. The van der Waals surface area contributed by atoms with Crippen LogP contribution in [0.3, 0.4) is 0 Å². The summed E-state index contributed by atoms with van der Waals surface area (Å²) in [7, 11) is 1.67. The number of aromatic carboxylic acids is 1. The van der Waals surface area contributed by atoms with Gasteiger partial charge in [0.05, 0.1) is 18.7 Å². The van der Waals surface area contributed by atoms with Crippen molar-refractivity contribution >= 4 is 17.7 Å². The van der Waals surface area contributed by atoms with Crippen LogP contribution in [0.2, 0.25) is 0 Å². The summed E-state index contributed by atoms with van der Waals surface area (Å²) in [6.45, 7) is 2.40. The van der Waals surface area contributed by atoms with Gasteiger partial charge in [0.2, 0.25) is 0 Å². The number of carbonyl (C=O) groups excluding carboxylic acids is 1. The lowest BCUT2D eigenvalue weighted by Crippen LogP contribution is -2.42. The Morgan fingerprint density at radius 2 is 1.79 bits per heavy atom. The summed E-state index contributed by atoms with van der Waals surface area (Å²) in [6.07, 6.45) is 0. The van der Waals surface area contributed by atoms with E-state index in [9.17, 15) is 9.59 Å². The number of anilines is 1. The number of urea groups is 1. The SMILES string of the molecule is CCN(C)C(=O)N(CCO)c1ccc(C(=O)O)cc1. The Morgan fingerprint density at radius 1 is 1.21 bits per heavy atom. The van der Waals surface area contributed by atoms with Gasteiger partial charge in [-0.1, -0.05) is 0 Å². The van der Waals surface area contributed by atoms with E-state index in [1.807, 2.05) is 6.92 Å². The highest BCUT2D eigenvalue weighted by atomic mass is 16.4. The average molecular weight is 266 g/mol. The standard InChI is InChI=1S/C13H18N2O4/c1-3-14(2)13(19)15(8-9-16)11-6-4-10(5-7-11)12(17)18/h4-7,16H,3,8-9H2,1-2H3,(H,17,18). The fourth-order valence-electron chi connectivity index (χ4n) is 1.56. The number of rotatable bonds is 5. The monoisotopic (exact) mass is 266 g/mol. The quantitative estimate of drug-likeness (QED) is 0.840. The summed E-state index contributed by atoms with van der Waals surface area (Å²) in [5.41, 5.74) is 0.716. The molecule has 1 rings (SSSR count). The van der Waals surface area contributed by atoms with Crippen molar-refractivity contribution in [3.63, 3.8) is 0 Å². The number of nitrogens with zero attached hydrogens (tertiary/aromatic N) is 2. The number of hydrogen-bond acceptors (Lipinski definition) is 3. The third-order valence-electron chi connectivity index (χ3n) is 2.78. The lowest BCUT2D eigenvalue weighted by Gasteiger charge is -2.27. The van der Waals surface area contributed by atoms with Crippen molar-refractivity contribution in [2.45, 2.75) is 6.92 Å². The van der Waals surface area contributed by atoms with Crippen molar-refractivity contribution in [2.75, 3.05) is 31.6 Å². The van der Waals surface area contributed by atoms with Gasteiger partial charge in [-0.15, -0.1) is 0 Å². The van der Waals surface area contributed by atoms with Crippen LogP contribution in [0.1, 0.15) is 17.3 Å². The Morgan fingerprint density at radius 3 is 2.21 bits per heavy atom. The molecule has 0 radical (unpaired) electrons. The molecule has 0 atom stereocenters. The number of hydrogen-bond donors (Lipinski definition) is 2. The van der Waals surface area contributed by atoms with E-state index in [0.717, 1.165) is 0 Å². The lowest BCUT2D eigenvalue weighted by molar-refractivity contribution is 0.0697. The second-order valence-electron chi connectivity index (χ2n) is 4.02. The Balaban J connectivity index is 2.98. The third kappa shape index (κ3) is 3.69. The van der Waals surface area contributed by atoms with E-state index in [2.05, 4.69) is 0 Å². The molecule has 0 heterocycles. The van der Waals surface area contributed by atoms with Gasteiger partial charge in [-0.2, -0.15) is 0 Å². The highest BCUT2D eigenvalue weighted by Gasteiger charge is 2.18. The van der Waals surface area contributed by atoms with Crippen LogP contribution in [0.4, 0.5) is 10.5 Å². The number of carboxylic acid groups (broad SMARTS) is 1. The molecular formula is C13H18N2O4. The first-order valence-corrected chi connectivity index (χ1v) is 5.98. The predicted octanol–water partition coefficient (Wildman–Crippen LogP) is 1.26. The van der Waals surface area contributed by atoms with Gasteiger partial charge in [0.25, 0.3) is 0 Å². The molecule has 2 N–H and O–H groups in total. The molecule has 0 aliphatic carbocycles. The van der Waals surface area contributed by atoms with E-state index in [4.69, 9.17) is 10.2 Å². The summed E-state index contributed by atoms with van der Waals surface area (Å²) in [5, 5.41) is 17.9. The number of carboxylic acids is 1. The first kappa shape index (κ1) is 15.0. The van der Waals surface area contributed by atoms with Gasteiger partial charge in [-0.25, -0.2) is 9.59 Å². The van der Waals surface area contributed by atoms with Crippen LogP contribution in [0, 0.1) is 0 Å². The Labute approximate surface area is 111 Å². The number of aliphatic hydroxyl groups is 1. The molecule has 0 saturated carbocycles. The molecule has 2 amide bonds. The van der Waals surface area contributed by atoms with E-state index in [1.54, 1.807) is 19.2 Å². The first-order valence-electron chi connectivity index (χ1n) is 5.98. The minimum Gasteiger partial charge on any atom is -0.478 e. The summed E-state index contributed by atoms with van der Waals surface area (Å²) < 4.78 is 0. The van der Waals surface area contributed by atoms with Crippen LogP contribution >= 0.6 is 0 Å². The molecule has 19 heavy (non-hydrogen) atoms. The lowest BCUT2D eigenvalue weighted by atomic mass is 10.2. The van der Waals surface area contributed by atoms with Crippen LogP contribution < -0.4 is 4.90 Å². The van der Waals surface area contributed by atoms with Gasteiger partial charge in [-0.3, -0.25) is 4.90 Å². The largest absolute Gasteiger partial charge is 0.478 e. The zero-order chi connectivity index (χ0) is 14.4. The summed E-state index contributed by atoms with van der Waals surface area (Å²) in [6, 6.07) is 5.74. The maximum Gasteiger partial charge on any atom is 0.335 e. The number of carbonyl (C=O) groups is 2. The van der Waals surface area contributed by atoms with E-state index >= 15 is 0 Å². The van der Waals surface area contributed by atoms with E-state index in [0.29, 0.717) is 12.2 Å². The maximum absolute atomic E-state index is 12.1. The van der Waals surface area contributed by atoms with Crippen LogP contribution in [0.15, 0.2) is 24.3 Å². The van der Waals surface area contributed by atoms with Crippen molar-refractivity contribution in [2.24, 2.45) is 0 Å². The molecule has 0 spiro atoms. The number of benzene rings is 1. The highest BCUT2D eigenvalue weighted by Crippen LogP contribution is 2.16. The average Bonchev–Trinajstić information content (AvgIpc) is 2.43. The maximum atomic E-state index is 12.1. The molecule has 0 unspecified atom stereocenters. The minimum atomic E-state index is -1.02. The van der Waals surface area contributed by atoms with E-state index in [1.165, 1.54) is 21.9 Å². The zero-order valence-electron chi connectivity index (χ0n) is 11.0. The van der Waals surface area contributed by atoms with Gasteiger partial charge >= 0.3 is 12.0 Å². The van der Waals surface area contributed by atoms with Crippen molar-refractivity contribution in [3.05, 3.63) is 29.8 Å². The number of aliphatic hydroxyl groups excluding tert-OH is 1. The minimum absolute atomic E-state index is 0.156. The van der Waals surface area contributed by atoms with E-state index in [-0.39, 0.29) is 24.7 Å². The third-order valence-corrected chi connectivity index (χ3v) is 2.78. The molecule has 6 nitrogen and oxygen atoms in total. The topological polar surface area (TPSA) is 81.1 Å². The van der Waals surface area contributed by atoms with Crippen molar-refractivity contribution in [3.8, 4) is 0 Å². The van der Waals surface area contributed by atoms with Gasteiger partial charge in [0.1, 0.15) is 0 Å². The van der Waals surface area contributed by atoms with Gasteiger partial charge in [-0.05, 0) is 31.2 Å². The second-order valence-corrected chi connectivity index (χ2v) is 4.02. The van der Waals surface area contributed by atoms with Crippen molar-refractivity contribution < 1.29 is 19.8 Å². The fraction of sp³-hybridized carbons (Fsp3) is 0.385. The molecule has 1 aromatic carbocycles. The Hall–Kier alpha value is -2.08. The second kappa shape index (κ2) is 6.75. The molecule has 0 fully saturated rings. The van der Waals surface area contributed by atoms with Crippen LogP contribution in [0.5, 0.6) is 0 Å². The molecule has 0 aromatic heterocycles. The fourth-order valence-corrected chi connectivity index (χ4v) is 1.56. The highest BCUT2D eigenvalue weighted by molar-refractivity contribution is 5.93. The van der Waals surface area contributed by atoms with Crippen molar-refractivity contribution in [1.29, 1.82) is 0 Å². The summed E-state index contributed by atoms with van der Waals surface area (Å²) in [4.78, 5) is 25.8. The smallest absolute Gasteiger partial charge is 0.335 e. The van der Waals surface area contributed by atoms with Crippen LogP contribution in [-0.2, 0) is 0 Å². The normalized spacial score (nSPS) is 10.1. The summed E-state index contributed by atoms with van der Waals surface area (Å²) >= 11 is 0. The van der Waals surface area contributed by atoms with Gasteiger partial charge in [0, 0.05) is 19.3 Å². The molecule has 0 saturated heterocycles. The van der Waals surface area contributed by atoms with E-state index < -0.39 is 5.97 Å². The van der Waals surface area contributed by atoms with Gasteiger partial charge < -0.3 is 15.1 Å². The Bertz CT molecular complexity index is 444. The van der Waals surface area contributed by atoms with Crippen LogP contribution in [0.25, 0.3) is 0 Å². The van der Waals surface area contributed by atoms with Crippen molar-refractivity contribution in [1.82, 2.24) is 4.90 Å². The summed E-state index contributed by atoms with van der Waals surface area (Å²) in [5.74, 6) is -1.02. The predicted molar refractivity (Wildman–Crippen MR) is 71.5 cm³/mol. The van der Waals surface area contributed by atoms with Crippen LogP contribution in [-0.4, -0.2) is 53.9 Å². The molecule has 0 aliphatic rings. The molecule has 1 aromatic rings. The molecular weight excluding hydrogens is 248 g/mol. The Kier molecular flexibility index (Phi) is 5.32. The zero-order valence-corrected chi connectivity index (χ0v) is 11.0. The molecule has 0 aliphatic heterocycles. The number of amides is 2.